The van der Waals surface area contributed by atoms with Gasteiger partial charge in [0, 0.05) is 45.0 Å². The molecular weight excluding hydrogens is 347 g/mol. The number of carbonyl (C=O) groups is 2. The molecule has 0 radical (unpaired) electrons. The predicted molar refractivity (Wildman–Crippen MR) is 103 cm³/mol. The fourth-order valence-electron chi connectivity index (χ4n) is 3.86. The van der Waals surface area contributed by atoms with Crippen molar-refractivity contribution in [1.82, 2.24) is 14.7 Å². The molecule has 0 bridgehead atoms. The standard InChI is InChI=1S/C20H29FN4O2/c1-2-18(20(27)22-17-7-5-16(21)6-8-17)24-13-11-23(12-14-24)15-19(26)25-9-3-4-10-25/h5-8,18H,2-4,9-15H2,1H3,(H,22,27)/t18-/m1/s1. The molecule has 2 aliphatic rings. The second kappa shape index (κ2) is 9.28. The molecule has 1 aromatic rings. The van der Waals surface area contributed by atoms with Crippen LogP contribution in [0.15, 0.2) is 24.3 Å². The summed E-state index contributed by atoms with van der Waals surface area (Å²) in [6.07, 6.45) is 2.93. The maximum absolute atomic E-state index is 13.0. The van der Waals surface area contributed by atoms with Gasteiger partial charge in [-0.25, -0.2) is 4.39 Å². The van der Waals surface area contributed by atoms with Gasteiger partial charge in [0.1, 0.15) is 5.82 Å². The summed E-state index contributed by atoms with van der Waals surface area (Å²) in [7, 11) is 0. The highest BCUT2D eigenvalue weighted by molar-refractivity contribution is 5.94. The Bertz CT molecular complexity index is 638. The minimum atomic E-state index is -0.320. The molecule has 2 amide bonds. The number of carbonyl (C=O) groups excluding carboxylic acids is 2. The molecule has 0 aromatic heterocycles. The van der Waals surface area contributed by atoms with E-state index in [1.807, 2.05) is 11.8 Å². The average molecular weight is 376 g/mol. The number of rotatable bonds is 6. The van der Waals surface area contributed by atoms with E-state index < -0.39 is 0 Å². The monoisotopic (exact) mass is 376 g/mol. The van der Waals surface area contributed by atoms with Gasteiger partial charge in [-0.2, -0.15) is 0 Å². The van der Waals surface area contributed by atoms with E-state index >= 15 is 0 Å². The Balaban J connectivity index is 1.48. The highest BCUT2D eigenvalue weighted by atomic mass is 19.1. The summed E-state index contributed by atoms with van der Waals surface area (Å²) < 4.78 is 13.0. The first-order valence-corrected chi connectivity index (χ1v) is 9.87. The zero-order valence-electron chi connectivity index (χ0n) is 16.0. The molecule has 2 saturated heterocycles. The molecular formula is C20H29FN4O2. The number of amides is 2. The van der Waals surface area contributed by atoms with Crippen molar-refractivity contribution in [3.63, 3.8) is 0 Å². The van der Waals surface area contributed by atoms with Crippen LogP contribution in [0.4, 0.5) is 10.1 Å². The van der Waals surface area contributed by atoms with E-state index in [0.29, 0.717) is 18.7 Å². The minimum absolute atomic E-state index is 0.0642. The Morgan fingerprint density at radius 3 is 2.26 bits per heavy atom. The van der Waals surface area contributed by atoms with Crippen LogP contribution in [0.1, 0.15) is 26.2 Å². The molecule has 0 spiro atoms. The van der Waals surface area contributed by atoms with E-state index in [1.165, 1.54) is 12.1 Å². The smallest absolute Gasteiger partial charge is 0.241 e. The molecule has 148 valence electrons. The topological polar surface area (TPSA) is 55.9 Å². The third kappa shape index (κ3) is 5.26. The number of nitrogens with zero attached hydrogens (tertiary/aromatic N) is 3. The minimum Gasteiger partial charge on any atom is -0.342 e. The van der Waals surface area contributed by atoms with Crippen molar-refractivity contribution in [2.45, 2.75) is 32.2 Å². The fraction of sp³-hybridized carbons (Fsp3) is 0.600. The third-order valence-corrected chi connectivity index (χ3v) is 5.47. The quantitative estimate of drug-likeness (QED) is 0.822. The van der Waals surface area contributed by atoms with Crippen LogP contribution in [0.2, 0.25) is 0 Å². The van der Waals surface area contributed by atoms with Gasteiger partial charge in [-0.05, 0) is 43.5 Å². The summed E-state index contributed by atoms with van der Waals surface area (Å²) in [5.74, 6) is -0.160. The van der Waals surface area contributed by atoms with Gasteiger partial charge in [-0.3, -0.25) is 19.4 Å². The molecule has 7 heteroatoms. The molecule has 0 saturated carbocycles. The van der Waals surface area contributed by atoms with E-state index in [0.717, 1.165) is 52.1 Å². The third-order valence-electron chi connectivity index (χ3n) is 5.47. The molecule has 2 aliphatic heterocycles. The largest absolute Gasteiger partial charge is 0.342 e. The summed E-state index contributed by atoms with van der Waals surface area (Å²) in [4.78, 5) is 31.3. The summed E-state index contributed by atoms with van der Waals surface area (Å²) in [6, 6.07) is 5.61. The van der Waals surface area contributed by atoms with Gasteiger partial charge in [0.15, 0.2) is 0 Å². The molecule has 2 fully saturated rings. The normalized spacial score (nSPS) is 19.9. The predicted octanol–water partition coefficient (Wildman–Crippen LogP) is 1.78. The summed E-state index contributed by atoms with van der Waals surface area (Å²) in [5.41, 5.74) is 0.606. The van der Waals surface area contributed by atoms with Gasteiger partial charge < -0.3 is 10.2 Å². The van der Waals surface area contributed by atoms with E-state index in [4.69, 9.17) is 0 Å². The van der Waals surface area contributed by atoms with Crippen molar-refractivity contribution in [2.24, 2.45) is 0 Å². The van der Waals surface area contributed by atoms with Crippen molar-refractivity contribution in [2.75, 3.05) is 51.1 Å². The fourth-order valence-corrected chi connectivity index (χ4v) is 3.86. The van der Waals surface area contributed by atoms with Crippen molar-refractivity contribution in [3.8, 4) is 0 Å². The summed E-state index contributed by atoms with van der Waals surface area (Å²) >= 11 is 0. The molecule has 0 unspecified atom stereocenters. The first kappa shape index (κ1) is 19.8. The molecule has 1 N–H and O–H groups in total. The lowest BCUT2D eigenvalue weighted by Crippen LogP contribution is -2.55. The van der Waals surface area contributed by atoms with Crippen LogP contribution in [0, 0.1) is 5.82 Å². The van der Waals surface area contributed by atoms with Crippen molar-refractivity contribution < 1.29 is 14.0 Å². The van der Waals surface area contributed by atoms with Gasteiger partial charge in [0.25, 0.3) is 0 Å². The van der Waals surface area contributed by atoms with E-state index in [-0.39, 0.29) is 23.7 Å². The first-order chi connectivity index (χ1) is 13.1. The van der Waals surface area contributed by atoms with Gasteiger partial charge >= 0.3 is 0 Å². The van der Waals surface area contributed by atoms with Gasteiger partial charge in [0.2, 0.25) is 11.8 Å². The number of piperazine rings is 1. The molecule has 0 aliphatic carbocycles. The number of halogens is 1. The van der Waals surface area contributed by atoms with Gasteiger partial charge in [0.05, 0.1) is 12.6 Å². The zero-order valence-corrected chi connectivity index (χ0v) is 16.0. The lowest BCUT2D eigenvalue weighted by Gasteiger charge is -2.38. The number of anilines is 1. The van der Waals surface area contributed by atoms with Crippen LogP contribution in [-0.4, -0.2) is 78.4 Å². The van der Waals surface area contributed by atoms with Crippen LogP contribution in [-0.2, 0) is 9.59 Å². The Hall–Kier alpha value is -1.99. The van der Waals surface area contributed by atoms with Crippen LogP contribution in [0.5, 0.6) is 0 Å². The van der Waals surface area contributed by atoms with Crippen LogP contribution in [0.3, 0.4) is 0 Å². The number of hydrogen-bond donors (Lipinski definition) is 1. The second-order valence-corrected chi connectivity index (χ2v) is 7.32. The SMILES string of the molecule is CC[C@H](C(=O)Nc1ccc(F)cc1)N1CCN(CC(=O)N2CCCC2)CC1. The Kier molecular flexibility index (Phi) is 6.79. The van der Waals surface area contributed by atoms with Crippen LogP contribution < -0.4 is 5.32 Å². The van der Waals surface area contributed by atoms with E-state index in [2.05, 4.69) is 15.1 Å². The average Bonchev–Trinajstić information content (AvgIpc) is 3.20. The molecule has 6 nitrogen and oxygen atoms in total. The van der Waals surface area contributed by atoms with Gasteiger partial charge in [-0.15, -0.1) is 0 Å². The molecule has 2 heterocycles. The summed E-state index contributed by atoms with van der Waals surface area (Å²) in [5, 5.41) is 2.88. The van der Waals surface area contributed by atoms with E-state index in [1.54, 1.807) is 12.1 Å². The zero-order chi connectivity index (χ0) is 19.2. The lowest BCUT2D eigenvalue weighted by molar-refractivity contribution is -0.132. The van der Waals surface area contributed by atoms with Crippen molar-refractivity contribution in [3.05, 3.63) is 30.1 Å². The maximum Gasteiger partial charge on any atom is 0.241 e. The highest BCUT2D eigenvalue weighted by Crippen LogP contribution is 2.15. The summed E-state index contributed by atoms with van der Waals surface area (Å²) in [6.45, 7) is 7.37. The Morgan fingerprint density at radius 2 is 1.67 bits per heavy atom. The number of likely N-dealkylation sites (tertiary alicyclic amines) is 1. The molecule has 1 aromatic carbocycles. The number of nitrogens with one attached hydrogen (secondary N) is 1. The van der Waals surface area contributed by atoms with Crippen LogP contribution >= 0.6 is 0 Å². The van der Waals surface area contributed by atoms with Gasteiger partial charge in [-0.1, -0.05) is 6.92 Å². The number of hydrogen-bond acceptors (Lipinski definition) is 4. The Morgan fingerprint density at radius 1 is 1.04 bits per heavy atom. The number of benzene rings is 1. The van der Waals surface area contributed by atoms with E-state index in [9.17, 15) is 14.0 Å². The molecule has 3 rings (SSSR count). The van der Waals surface area contributed by atoms with Crippen molar-refractivity contribution in [1.29, 1.82) is 0 Å². The molecule has 27 heavy (non-hydrogen) atoms. The maximum atomic E-state index is 13.0. The second-order valence-electron chi connectivity index (χ2n) is 7.32. The van der Waals surface area contributed by atoms with Crippen LogP contribution in [0.25, 0.3) is 0 Å². The first-order valence-electron chi connectivity index (χ1n) is 9.87. The highest BCUT2D eigenvalue weighted by Gasteiger charge is 2.29. The lowest BCUT2D eigenvalue weighted by atomic mass is 10.1. The molecule has 1 atom stereocenters. The Labute approximate surface area is 160 Å². The van der Waals surface area contributed by atoms with Crippen molar-refractivity contribution >= 4 is 17.5 Å².